The quantitative estimate of drug-likeness (QED) is 0.258. The molecule has 3 N–H and O–H groups in total. The number of aromatic nitrogens is 5. The van der Waals surface area contributed by atoms with E-state index in [1.807, 2.05) is 4.93 Å². The number of alkyl halides is 4. The third kappa shape index (κ3) is 7.35. The van der Waals surface area contributed by atoms with E-state index in [0.717, 1.165) is 25.2 Å². The number of rotatable bonds is 6. The van der Waals surface area contributed by atoms with Crippen LogP contribution in [0.1, 0.15) is 48.7 Å². The summed E-state index contributed by atoms with van der Waals surface area (Å²) in [7, 11) is -3.49. The van der Waals surface area contributed by atoms with Gasteiger partial charge in [-0.3, -0.25) is 5.10 Å². The minimum atomic E-state index is -4.60. The number of aryl methyl sites for hydroxylation is 1. The molecule has 1 saturated carbocycles. The Balaban J connectivity index is 0.00000176. The van der Waals surface area contributed by atoms with Crippen molar-refractivity contribution >= 4 is 44.4 Å². The van der Waals surface area contributed by atoms with Crippen LogP contribution in [0.2, 0.25) is 0 Å². The fourth-order valence-electron chi connectivity index (χ4n) is 4.18. The molecule has 2 heterocycles. The maximum Gasteiger partial charge on any atom is 0.417 e. The van der Waals surface area contributed by atoms with E-state index in [1.165, 1.54) is 18.2 Å². The fraction of sp³-hybridized carbons (Fsp3) is 0.455. The van der Waals surface area contributed by atoms with Crippen molar-refractivity contribution in [2.45, 2.75) is 50.7 Å². The van der Waals surface area contributed by atoms with Gasteiger partial charge in [-0.1, -0.05) is 53.6 Å². The van der Waals surface area contributed by atoms with Crippen molar-refractivity contribution < 1.29 is 21.6 Å². The third-order valence-corrected chi connectivity index (χ3v) is 6.30. The summed E-state index contributed by atoms with van der Waals surface area (Å²) in [4.78, 5) is 14.9. The van der Waals surface area contributed by atoms with Crippen LogP contribution in [0.25, 0.3) is 11.4 Å². The SMILES string of the molecule is CI.Cc1nc(Nc2cc(C3CCCCC3NS(C)(=O)=O)nc(-c3ccccc3C(F)(F)F)n2)n[nH]1. The minimum Gasteiger partial charge on any atom is -0.307 e. The molecule has 2 unspecified atom stereocenters. The van der Waals surface area contributed by atoms with Crippen molar-refractivity contribution in [2.24, 2.45) is 0 Å². The van der Waals surface area contributed by atoms with Crippen LogP contribution in [0.4, 0.5) is 24.9 Å². The Labute approximate surface area is 221 Å². The predicted molar refractivity (Wildman–Crippen MR) is 140 cm³/mol. The number of aromatic amines is 1. The zero-order valence-electron chi connectivity index (χ0n) is 19.9. The monoisotopic (exact) mass is 637 g/mol. The van der Waals surface area contributed by atoms with Gasteiger partial charge in [-0.25, -0.2) is 23.1 Å². The Hall–Kier alpha value is -2.33. The van der Waals surface area contributed by atoms with Gasteiger partial charge in [0, 0.05) is 23.6 Å². The molecule has 4 rings (SSSR count). The minimum absolute atomic E-state index is 0.121. The van der Waals surface area contributed by atoms with Crippen LogP contribution < -0.4 is 10.0 Å². The summed E-state index contributed by atoms with van der Waals surface area (Å²) >= 11 is 2.15. The lowest BCUT2D eigenvalue weighted by Crippen LogP contribution is -2.40. The second kappa shape index (κ2) is 11.8. The number of nitrogens with zero attached hydrogens (tertiary/aromatic N) is 4. The summed E-state index contributed by atoms with van der Waals surface area (Å²) in [5, 5.41) is 9.59. The zero-order chi connectivity index (χ0) is 26.5. The Morgan fingerprint density at radius 3 is 2.42 bits per heavy atom. The number of halogens is 4. The van der Waals surface area contributed by atoms with Gasteiger partial charge in [0.1, 0.15) is 11.6 Å². The van der Waals surface area contributed by atoms with Gasteiger partial charge < -0.3 is 5.32 Å². The Kier molecular flexibility index (Phi) is 9.27. The van der Waals surface area contributed by atoms with Crippen molar-refractivity contribution in [2.75, 3.05) is 16.5 Å². The van der Waals surface area contributed by atoms with E-state index in [9.17, 15) is 21.6 Å². The number of sulfonamides is 1. The molecule has 1 fully saturated rings. The molecule has 2 atom stereocenters. The molecule has 196 valence electrons. The van der Waals surface area contributed by atoms with Crippen LogP contribution in [0.3, 0.4) is 0 Å². The molecule has 14 heteroatoms. The molecule has 0 spiro atoms. The first kappa shape index (κ1) is 28.2. The summed E-state index contributed by atoms with van der Waals surface area (Å²) < 4.78 is 67.7. The zero-order valence-corrected chi connectivity index (χ0v) is 22.9. The van der Waals surface area contributed by atoms with Gasteiger partial charge in [-0.05, 0) is 30.8 Å². The molecule has 1 aliphatic rings. The van der Waals surface area contributed by atoms with E-state index in [2.05, 4.69) is 57.8 Å². The van der Waals surface area contributed by atoms with Crippen LogP contribution in [-0.2, 0) is 16.2 Å². The van der Waals surface area contributed by atoms with Crippen molar-refractivity contribution in [1.82, 2.24) is 29.9 Å². The number of benzene rings is 1. The highest BCUT2D eigenvalue weighted by Crippen LogP contribution is 2.38. The van der Waals surface area contributed by atoms with Crippen LogP contribution >= 0.6 is 22.6 Å². The smallest absolute Gasteiger partial charge is 0.307 e. The largest absolute Gasteiger partial charge is 0.417 e. The lowest BCUT2D eigenvalue weighted by Gasteiger charge is -2.31. The summed E-state index contributed by atoms with van der Waals surface area (Å²) in [6, 6.07) is 6.27. The van der Waals surface area contributed by atoms with E-state index in [0.29, 0.717) is 24.4 Å². The molecule has 0 amide bonds. The second-order valence-electron chi connectivity index (χ2n) is 8.30. The first-order chi connectivity index (χ1) is 17.0. The maximum atomic E-state index is 13.7. The van der Waals surface area contributed by atoms with Gasteiger partial charge in [-0.2, -0.15) is 18.2 Å². The van der Waals surface area contributed by atoms with Gasteiger partial charge in [0.25, 0.3) is 0 Å². The van der Waals surface area contributed by atoms with Crippen molar-refractivity contribution in [3.63, 3.8) is 0 Å². The summed E-state index contributed by atoms with van der Waals surface area (Å²) in [6.45, 7) is 1.71. The van der Waals surface area contributed by atoms with E-state index in [1.54, 1.807) is 13.0 Å². The second-order valence-corrected chi connectivity index (χ2v) is 10.1. The van der Waals surface area contributed by atoms with E-state index < -0.39 is 27.8 Å². The number of H-pyrrole nitrogens is 1. The van der Waals surface area contributed by atoms with Crippen molar-refractivity contribution in [3.8, 4) is 11.4 Å². The highest BCUT2D eigenvalue weighted by atomic mass is 127. The standard InChI is InChI=1S/C21H24F3N7O2S.CH3I/c1-12-25-20(30-29-12)28-18-11-17(14-8-4-6-10-16(14)31-34(2,32)33)26-19(27-18)13-7-3-5-9-15(13)21(22,23)24;1-2/h3,5,7,9,11,14,16,31H,4,6,8,10H2,1-2H3,(H2,25,26,27,28,29,30);1H3. The van der Waals surface area contributed by atoms with Crippen molar-refractivity contribution in [1.29, 1.82) is 0 Å². The fourth-order valence-corrected chi connectivity index (χ4v) is 5.01. The van der Waals surface area contributed by atoms with Gasteiger partial charge in [0.05, 0.1) is 17.5 Å². The van der Waals surface area contributed by atoms with Crippen LogP contribution in [0.5, 0.6) is 0 Å². The molecule has 36 heavy (non-hydrogen) atoms. The van der Waals surface area contributed by atoms with Gasteiger partial charge in [0.15, 0.2) is 5.82 Å². The van der Waals surface area contributed by atoms with Gasteiger partial charge >= 0.3 is 6.18 Å². The molecule has 0 saturated heterocycles. The highest BCUT2D eigenvalue weighted by molar-refractivity contribution is 14.1. The topological polar surface area (TPSA) is 126 Å². The van der Waals surface area contributed by atoms with Gasteiger partial charge in [0.2, 0.25) is 16.0 Å². The number of anilines is 2. The van der Waals surface area contributed by atoms with E-state index >= 15 is 0 Å². The summed E-state index contributed by atoms with van der Waals surface area (Å²) in [5.41, 5.74) is -0.589. The molecule has 3 aromatic rings. The molecule has 0 bridgehead atoms. The normalized spacial score (nSPS) is 18.3. The van der Waals surface area contributed by atoms with Crippen molar-refractivity contribution in [3.05, 3.63) is 47.4 Å². The Morgan fingerprint density at radius 2 is 1.78 bits per heavy atom. The number of nitrogens with one attached hydrogen (secondary N) is 3. The maximum absolute atomic E-state index is 13.7. The highest BCUT2D eigenvalue weighted by Gasteiger charge is 2.35. The van der Waals surface area contributed by atoms with E-state index in [-0.39, 0.29) is 29.1 Å². The molecule has 1 aromatic carbocycles. The first-order valence-electron chi connectivity index (χ1n) is 11.1. The lowest BCUT2D eigenvalue weighted by molar-refractivity contribution is -0.137. The Morgan fingerprint density at radius 1 is 1.08 bits per heavy atom. The predicted octanol–water partition coefficient (Wildman–Crippen LogP) is 4.96. The van der Waals surface area contributed by atoms with Gasteiger partial charge in [-0.15, -0.1) is 5.10 Å². The lowest BCUT2D eigenvalue weighted by atomic mass is 9.82. The number of hydrogen-bond donors (Lipinski definition) is 3. The molecule has 1 aliphatic carbocycles. The van der Waals surface area contributed by atoms with Crippen LogP contribution in [-0.4, -0.2) is 50.8 Å². The molecule has 2 aromatic heterocycles. The van der Waals surface area contributed by atoms with Crippen LogP contribution in [0, 0.1) is 6.92 Å². The Bertz CT molecular complexity index is 1280. The summed E-state index contributed by atoms with van der Waals surface area (Å²) in [6.07, 6.45) is -0.616. The molecule has 0 aliphatic heterocycles. The van der Waals surface area contributed by atoms with E-state index in [4.69, 9.17) is 0 Å². The molecular weight excluding hydrogens is 610 g/mol. The first-order valence-corrected chi connectivity index (χ1v) is 15.1. The average Bonchev–Trinajstić information content (AvgIpc) is 3.23. The molecule has 0 radical (unpaired) electrons. The third-order valence-electron chi connectivity index (χ3n) is 5.57. The average molecular weight is 637 g/mol. The van der Waals surface area contributed by atoms with Crippen LogP contribution in [0.15, 0.2) is 30.3 Å². The molecular formula is C22H27F3IN7O2S. The molecule has 9 nitrogen and oxygen atoms in total. The summed E-state index contributed by atoms with van der Waals surface area (Å²) in [5.74, 6) is 0.497. The number of hydrogen-bond acceptors (Lipinski definition) is 7.